The molecule has 5 nitrogen and oxygen atoms in total. The number of nitrogens with zero attached hydrogens (tertiary/aromatic N) is 2. The van der Waals surface area contributed by atoms with Gasteiger partial charge in [0.15, 0.2) is 4.80 Å². The fourth-order valence-corrected chi connectivity index (χ4v) is 3.95. The number of methoxy groups -OCH3 is 1. The van der Waals surface area contributed by atoms with E-state index in [2.05, 4.69) is 17.8 Å². The predicted molar refractivity (Wildman–Crippen MR) is 110 cm³/mol. The number of aryl methyl sites for hydroxylation is 1. The molecule has 0 aliphatic carbocycles. The molecule has 0 atom stereocenters. The van der Waals surface area contributed by atoms with Crippen LogP contribution in [0.4, 0.5) is 0 Å². The number of terminal acetylenes is 1. The van der Waals surface area contributed by atoms with E-state index in [0.29, 0.717) is 10.4 Å². The Kier molecular flexibility index (Phi) is 6.07. The zero-order valence-corrected chi connectivity index (χ0v) is 16.6. The fourth-order valence-electron chi connectivity index (χ4n) is 2.86. The van der Waals surface area contributed by atoms with E-state index in [4.69, 9.17) is 11.2 Å². The summed E-state index contributed by atoms with van der Waals surface area (Å²) in [7, 11) is 1.34. The summed E-state index contributed by atoms with van der Waals surface area (Å²) < 4.78 is 7.39. The maximum Gasteiger partial charge on any atom is 0.337 e. The first-order valence-corrected chi connectivity index (χ1v) is 9.68. The predicted octanol–water partition coefficient (Wildman–Crippen LogP) is 3.36. The molecule has 3 aromatic rings. The van der Waals surface area contributed by atoms with Gasteiger partial charge in [-0.2, -0.15) is 4.99 Å². The number of thiazole rings is 1. The lowest BCUT2D eigenvalue weighted by Gasteiger charge is -2.02. The molecule has 1 amide bonds. The molecule has 0 fully saturated rings. The summed E-state index contributed by atoms with van der Waals surface area (Å²) in [5.41, 5.74) is 3.42. The van der Waals surface area contributed by atoms with Crippen molar-refractivity contribution in [1.82, 2.24) is 4.57 Å². The summed E-state index contributed by atoms with van der Waals surface area (Å²) in [5.74, 6) is 1.94. The second-order valence-electron chi connectivity index (χ2n) is 6.20. The topological polar surface area (TPSA) is 60.7 Å². The minimum Gasteiger partial charge on any atom is -0.465 e. The van der Waals surface area contributed by atoms with Crippen molar-refractivity contribution in [3.8, 4) is 12.3 Å². The number of hydrogen-bond acceptors (Lipinski definition) is 4. The average molecular weight is 392 g/mol. The Hall–Kier alpha value is -3.17. The van der Waals surface area contributed by atoms with Gasteiger partial charge < -0.3 is 9.30 Å². The Morgan fingerprint density at radius 1 is 1.18 bits per heavy atom. The lowest BCUT2D eigenvalue weighted by atomic mass is 10.1. The average Bonchev–Trinajstić information content (AvgIpc) is 3.04. The number of fused-ring (bicyclic) bond motifs is 1. The van der Waals surface area contributed by atoms with E-state index in [9.17, 15) is 9.59 Å². The van der Waals surface area contributed by atoms with Crippen LogP contribution in [0.3, 0.4) is 0 Å². The zero-order valence-electron chi connectivity index (χ0n) is 15.8. The minimum absolute atomic E-state index is 0.224. The van der Waals surface area contributed by atoms with Gasteiger partial charge in [0.1, 0.15) is 0 Å². The lowest BCUT2D eigenvalue weighted by Crippen LogP contribution is -2.17. The van der Waals surface area contributed by atoms with Crippen molar-refractivity contribution in [2.75, 3.05) is 7.11 Å². The number of ether oxygens (including phenoxy) is 1. The number of carbonyl (C=O) groups excluding carboxylic acids is 2. The standard InChI is InChI=1S/C22H20N2O3S/c1-4-12-24-18-11-10-17(21(26)27-3)14-19(18)28-22(24)23-20(25)13-16-8-6-15(5-2)7-9-16/h1,6-11,14H,5,12-13H2,2-3H3. The van der Waals surface area contributed by atoms with Crippen LogP contribution < -0.4 is 4.80 Å². The highest BCUT2D eigenvalue weighted by Gasteiger charge is 2.12. The van der Waals surface area contributed by atoms with E-state index in [1.54, 1.807) is 22.8 Å². The van der Waals surface area contributed by atoms with E-state index in [1.807, 2.05) is 24.3 Å². The van der Waals surface area contributed by atoms with Crippen LogP contribution in [-0.2, 0) is 28.9 Å². The monoisotopic (exact) mass is 392 g/mol. The molecule has 2 aromatic carbocycles. The van der Waals surface area contributed by atoms with Gasteiger partial charge in [0.25, 0.3) is 5.91 Å². The molecule has 0 N–H and O–H groups in total. The summed E-state index contributed by atoms with van der Waals surface area (Å²) in [6, 6.07) is 13.2. The van der Waals surface area contributed by atoms with Gasteiger partial charge in [-0.1, -0.05) is 48.4 Å². The van der Waals surface area contributed by atoms with Crippen LogP contribution in [-0.4, -0.2) is 23.6 Å². The van der Waals surface area contributed by atoms with Gasteiger partial charge in [-0.05, 0) is 35.7 Å². The van der Waals surface area contributed by atoms with Crippen LogP contribution in [0, 0.1) is 12.3 Å². The van der Waals surface area contributed by atoms with E-state index in [-0.39, 0.29) is 18.9 Å². The molecule has 0 saturated carbocycles. The Labute approximate surface area is 167 Å². The first kappa shape index (κ1) is 19.6. The molecule has 0 radical (unpaired) electrons. The van der Waals surface area contributed by atoms with Crippen LogP contribution >= 0.6 is 11.3 Å². The molecule has 0 bridgehead atoms. The van der Waals surface area contributed by atoms with Gasteiger partial charge in [-0.25, -0.2) is 4.79 Å². The van der Waals surface area contributed by atoms with Crippen LogP contribution in [0.1, 0.15) is 28.4 Å². The Morgan fingerprint density at radius 3 is 2.54 bits per heavy atom. The second kappa shape index (κ2) is 8.68. The van der Waals surface area contributed by atoms with E-state index in [1.165, 1.54) is 24.0 Å². The van der Waals surface area contributed by atoms with Gasteiger partial charge in [-0.3, -0.25) is 4.79 Å². The number of benzene rings is 2. The quantitative estimate of drug-likeness (QED) is 0.494. The molecule has 0 unspecified atom stereocenters. The van der Waals surface area contributed by atoms with Crippen molar-refractivity contribution >= 4 is 33.4 Å². The van der Waals surface area contributed by atoms with Crippen molar-refractivity contribution in [2.45, 2.75) is 26.3 Å². The van der Waals surface area contributed by atoms with Crippen LogP contribution in [0.25, 0.3) is 10.2 Å². The highest BCUT2D eigenvalue weighted by Crippen LogP contribution is 2.20. The largest absolute Gasteiger partial charge is 0.465 e. The number of esters is 1. The Morgan fingerprint density at radius 2 is 1.89 bits per heavy atom. The summed E-state index contributed by atoms with van der Waals surface area (Å²) in [6.45, 7) is 2.38. The summed E-state index contributed by atoms with van der Waals surface area (Å²) in [4.78, 5) is 29.1. The number of carbonyl (C=O) groups is 2. The summed E-state index contributed by atoms with van der Waals surface area (Å²) >= 11 is 1.32. The van der Waals surface area contributed by atoms with Crippen molar-refractivity contribution in [3.05, 3.63) is 64.0 Å². The molecule has 0 aliphatic heterocycles. The number of aromatic nitrogens is 1. The highest BCUT2D eigenvalue weighted by atomic mass is 32.1. The third-order valence-corrected chi connectivity index (χ3v) is 5.40. The van der Waals surface area contributed by atoms with E-state index < -0.39 is 5.97 Å². The number of rotatable bonds is 5. The summed E-state index contributed by atoms with van der Waals surface area (Å²) in [6.07, 6.45) is 6.68. The zero-order chi connectivity index (χ0) is 20.1. The summed E-state index contributed by atoms with van der Waals surface area (Å²) in [5, 5.41) is 0. The molecule has 6 heteroatoms. The Bertz CT molecular complexity index is 1130. The molecule has 0 aliphatic rings. The molecule has 0 saturated heterocycles. The van der Waals surface area contributed by atoms with Crippen molar-refractivity contribution < 1.29 is 14.3 Å². The van der Waals surface area contributed by atoms with Gasteiger partial charge >= 0.3 is 5.97 Å². The van der Waals surface area contributed by atoms with E-state index in [0.717, 1.165) is 22.2 Å². The third kappa shape index (κ3) is 4.21. The van der Waals surface area contributed by atoms with Crippen LogP contribution in [0.5, 0.6) is 0 Å². The SMILES string of the molecule is C#CCn1c(=NC(=O)Cc2ccc(CC)cc2)sc2cc(C(=O)OC)ccc21. The van der Waals surface area contributed by atoms with E-state index >= 15 is 0 Å². The van der Waals surface area contributed by atoms with Crippen molar-refractivity contribution in [1.29, 1.82) is 0 Å². The first-order chi connectivity index (χ1) is 13.5. The fraction of sp³-hybridized carbons (Fsp3) is 0.227. The first-order valence-electron chi connectivity index (χ1n) is 8.86. The van der Waals surface area contributed by atoms with Gasteiger partial charge in [-0.15, -0.1) is 6.42 Å². The minimum atomic E-state index is -0.413. The molecular weight excluding hydrogens is 372 g/mol. The molecule has 0 spiro atoms. The number of amides is 1. The second-order valence-corrected chi connectivity index (χ2v) is 7.21. The van der Waals surface area contributed by atoms with Crippen LogP contribution in [0.2, 0.25) is 0 Å². The Balaban J connectivity index is 1.97. The maximum atomic E-state index is 12.5. The highest BCUT2D eigenvalue weighted by molar-refractivity contribution is 7.16. The van der Waals surface area contributed by atoms with Gasteiger partial charge in [0.2, 0.25) is 0 Å². The molecule has 1 aromatic heterocycles. The molecule has 28 heavy (non-hydrogen) atoms. The molecule has 142 valence electrons. The number of hydrogen-bond donors (Lipinski definition) is 0. The smallest absolute Gasteiger partial charge is 0.337 e. The lowest BCUT2D eigenvalue weighted by molar-refractivity contribution is -0.117. The molecular formula is C22H20N2O3S. The van der Waals surface area contributed by atoms with Gasteiger partial charge in [0, 0.05) is 0 Å². The normalized spacial score (nSPS) is 11.4. The third-order valence-electron chi connectivity index (χ3n) is 4.36. The van der Waals surface area contributed by atoms with Crippen molar-refractivity contribution in [3.63, 3.8) is 0 Å². The molecule has 1 heterocycles. The molecule has 3 rings (SSSR count). The van der Waals surface area contributed by atoms with Crippen molar-refractivity contribution in [2.24, 2.45) is 4.99 Å². The van der Waals surface area contributed by atoms with Crippen LogP contribution in [0.15, 0.2) is 47.5 Å². The van der Waals surface area contributed by atoms with Gasteiger partial charge in [0.05, 0.1) is 35.9 Å². The maximum absolute atomic E-state index is 12.5.